The van der Waals surface area contributed by atoms with E-state index in [0.717, 1.165) is 48.7 Å². The Hall–Kier alpha value is -1.76. The summed E-state index contributed by atoms with van der Waals surface area (Å²) in [5.41, 5.74) is 1.13. The largest absolute Gasteiger partial charge is 0.477 e. The van der Waals surface area contributed by atoms with Gasteiger partial charge in [0.15, 0.2) is 0 Å². The van der Waals surface area contributed by atoms with E-state index in [1.54, 1.807) is 18.7 Å². The van der Waals surface area contributed by atoms with E-state index < -0.39 is 0 Å². The Kier molecular flexibility index (Phi) is 4.60. The third-order valence-corrected chi connectivity index (χ3v) is 5.04. The first kappa shape index (κ1) is 15.7. The van der Waals surface area contributed by atoms with Crippen LogP contribution in [-0.2, 0) is 0 Å². The average molecular weight is 390 g/mol. The van der Waals surface area contributed by atoms with E-state index in [1.807, 2.05) is 6.07 Å². The summed E-state index contributed by atoms with van der Waals surface area (Å²) in [5, 5.41) is 0. The minimum Gasteiger partial charge on any atom is -0.477 e. The number of nitrogens with zero attached hydrogens (tertiary/aromatic N) is 5. The summed E-state index contributed by atoms with van der Waals surface area (Å²) in [7, 11) is 0. The van der Waals surface area contributed by atoms with E-state index in [0.29, 0.717) is 17.7 Å². The van der Waals surface area contributed by atoms with Gasteiger partial charge in [0, 0.05) is 37.5 Å². The van der Waals surface area contributed by atoms with Crippen LogP contribution < -0.4 is 9.64 Å². The number of hydrogen-bond acceptors (Lipinski definition) is 6. The van der Waals surface area contributed by atoms with E-state index >= 15 is 0 Å². The summed E-state index contributed by atoms with van der Waals surface area (Å²) in [5.74, 6) is 2.70. The average Bonchev–Trinajstić information content (AvgIpc) is 3.47. The quantitative estimate of drug-likeness (QED) is 0.781. The van der Waals surface area contributed by atoms with Gasteiger partial charge in [0.25, 0.3) is 0 Å². The molecule has 6 nitrogen and oxygen atoms in total. The molecule has 2 aromatic heterocycles. The molecule has 0 radical (unpaired) electrons. The molecule has 1 saturated carbocycles. The molecule has 0 N–H and O–H groups in total. The lowest BCUT2D eigenvalue weighted by atomic mass is 9.98. The van der Waals surface area contributed by atoms with Gasteiger partial charge in [0.1, 0.15) is 6.33 Å². The summed E-state index contributed by atoms with van der Waals surface area (Å²) in [4.78, 5) is 19.5. The van der Waals surface area contributed by atoms with Crippen molar-refractivity contribution >= 4 is 21.9 Å². The van der Waals surface area contributed by atoms with Gasteiger partial charge in [-0.15, -0.1) is 0 Å². The number of aromatic nitrogens is 4. The van der Waals surface area contributed by atoms with Crippen molar-refractivity contribution in [3.63, 3.8) is 0 Å². The summed E-state index contributed by atoms with van der Waals surface area (Å²) in [6.45, 7) is 2.65. The SMILES string of the molecule is Brc1cnc(N2CCC(COc3cc(C4CC4)ncn3)CC2)nc1. The molecule has 0 amide bonds. The Morgan fingerprint density at radius 2 is 1.79 bits per heavy atom. The topological polar surface area (TPSA) is 64.0 Å². The first-order valence-corrected chi connectivity index (χ1v) is 9.24. The lowest BCUT2D eigenvalue weighted by Gasteiger charge is -2.31. The highest BCUT2D eigenvalue weighted by Crippen LogP contribution is 2.39. The van der Waals surface area contributed by atoms with Crippen LogP contribution in [0.4, 0.5) is 5.95 Å². The van der Waals surface area contributed by atoms with Crippen molar-refractivity contribution in [2.75, 3.05) is 24.6 Å². The highest BCUT2D eigenvalue weighted by Gasteiger charge is 2.26. The van der Waals surface area contributed by atoms with E-state index in [1.165, 1.54) is 12.8 Å². The third-order valence-electron chi connectivity index (χ3n) is 4.63. The Labute approximate surface area is 149 Å². The van der Waals surface area contributed by atoms with Gasteiger partial charge in [-0.2, -0.15) is 0 Å². The normalized spacial score (nSPS) is 18.6. The molecule has 1 aliphatic heterocycles. The van der Waals surface area contributed by atoms with Crippen molar-refractivity contribution < 1.29 is 4.74 Å². The number of piperidine rings is 1. The number of ether oxygens (including phenoxy) is 1. The molecule has 0 unspecified atom stereocenters. The van der Waals surface area contributed by atoms with Gasteiger partial charge in [0.2, 0.25) is 11.8 Å². The number of halogens is 1. The molecule has 0 bridgehead atoms. The summed E-state index contributed by atoms with van der Waals surface area (Å²) in [6.07, 6.45) is 9.87. The van der Waals surface area contributed by atoms with Crippen molar-refractivity contribution in [1.82, 2.24) is 19.9 Å². The van der Waals surface area contributed by atoms with E-state index in [9.17, 15) is 0 Å². The molecule has 0 aromatic carbocycles. The van der Waals surface area contributed by atoms with Gasteiger partial charge in [0.05, 0.1) is 16.8 Å². The molecule has 2 fully saturated rings. The molecule has 0 spiro atoms. The van der Waals surface area contributed by atoms with Crippen molar-refractivity contribution in [3.05, 3.63) is 35.0 Å². The van der Waals surface area contributed by atoms with Crippen molar-refractivity contribution in [1.29, 1.82) is 0 Å². The molecule has 2 aromatic rings. The van der Waals surface area contributed by atoms with Crippen LogP contribution in [0.5, 0.6) is 5.88 Å². The van der Waals surface area contributed by atoms with Gasteiger partial charge >= 0.3 is 0 Å². The molecule has 1 saturated heterocycles. The predicted molar refractivity (Wildman–Crippen MR) is 94.2 cm³/mol. The Balaban J connectivity index is 1.27. The van der Waals surface area contributed by atoms with Gasteiger partial charge in [-0.25, -0.2) is 19.9 Å². The second kappa shape index (κ2) is 7.01. The molecule has 3 heterocycles. The molecule has 24 heavy (non-hydrogen) atoms. The Bertz CT molecular complexity index is 684. The Morgan fingerprint density at radius 3 is 2.50 bits per heavy atom. The molecular weight excluding hydrogens is 370 g/mol. The highest BCUT2D eigenvalue weighted by molar-refractivity contribution is 9.10. The minimum atomic E-state index is 0.552. The van der Waals surface area contributed by atoms with Crippen LogP contribution in [0.3, 0.4) is 0 Å². The van der Waals surface area contributed by atoms with E-state index in [4.69, 9.17) is 4.74 Å². The van der Waals surface area contributed by atoms with Crippen molar-refractivity contribution in [2.24, 2.45) is 5.92 Å². The fourth-order valence-corrected chi connectivity index (χ4v) is 3.21. The van der Waals surface area contributed by atoms with Gasteiger partial charge in [-0.1, -0.05) is 0 Å². The monoisotopic (exact) mass is 389 g/mol. The standard InChI is InChI=1S/C17H20BrN5O/c18-14-8-19-17(20-9-14)23-5-3-12(4-6-23)10-24-16-7-15(13-1-2-13)21-11-22-16/h7-9,11-13H,1-6,10H2. The van der Waals surface area contributed by atoms with Crippen LogP contribution in [0.2, 0.25) is 0 Å². The lowest BCUT2D eigenvalue weighted by molar-refractivity contribution is 0.215. The molecule has 0 atom stereocenters. The molecule has 1 aliphatic carbocycles. The fourth-order valence-electron chi connectivity index (χ4n) is 3.01. The molecule has 126 valence electrons. The third kappa shape index (κ3) is 3.83. The summed E-state index contributed by atoms with van der Waals surface area (Å²) < 4.78 is 6.82. The highest BCUT2D eigenvalue weighted by atomic mass is 79.9. The minimum absolute atomic E-state index is 0.552. The number of rotatable bonds is 5. The molecular formula is C17H20BrN5O. The maximum atomic E-state index is 5.91. The number of anilines is 1. The van der Waals surface area contributed by atoms with Gasteiger partial charge < -0.3 is 9.64 Å². The predicted octanol–water partition coefficient (Wildman–Crippen LogP) is 3.20. The zero-order chi connectivity index (χ0) is 16.4. The summed E-state index contributed by atoms with van der Waals surface area (Å²) >= 11 is 3.37. The van der Waals surface area contributed by atoms with Crippen LogP contribution in [0.1, 0.15) is 37.3 Å². The maximum absolute atomic E-state index is 5.91. The van der Waals surface area contributed by atoms with Crippen molar-refractivity contribution in [3.8, 4) is 5.88 Å². The van der Waals surface area contributed by atoms with E-state index in [-0.39, 0.29) is 0 Å². The second-order valence-corrected chi connectivity index (χ2v) is 7.41. The summed E-state index contributed by atoms with van der Waals surface area (Å²) in [6, 6.07) is 2.00. The van der Waals surface area contributed by atoms with E-state index in [2.05, 4.69) is 40.8 Å². The zero-order valence-corrected chi connectivity index (χ0v) is 15.0. The van der Waals surface area contributed by atoms with Gasteiger partial charge in [-0.05, 0) is 47.5 Å². The van der Waals surface area contributed by atoms with Crippen LogP contribution >= 0.6 is 15.9 Å². The van der Waals surface area contributed by atoms with Crippen LogP contribution in [0.15, 0.2) is 29.3 Å². The molecule has 7 heteroatoms. The first-order chi connectivity index (χ1) is 11.8. The second-order valence-electron chi connectivity index (χ2n) is 6.50. The first-order valence-electron chi connectivity index (χ1n) is 8.45. The lowest BCUT2D eigenvalue weighted by Crippen LogP contribution is -2.36. The van der Waals surface area contributed by atoms with Crippen LogP contribution in [-0.4, -0.2) is 39.6 Å². The van der Waals surface area contributed by atoms with Crippen LogP contribution in [0, 0.1) is 5.92 Å². The van der Waals surface area contributed by atoms with Crippen LogP contribution in [0.25, 0.3) is 0 Å². The molecule has 2 aliphatic rings. The zero-order valence-electron chi connectivity index (χ0n) is 13.4. The molecule has 4 rings (SSSR count). The Morgan fingerprint density at radius 1 is 1.04 bits per heavy atom. The number of hydrogen-bond donors (Lipinski definition) is 0. The maximum Gasteiger partial charge on any atom is 0.225 e. The smallest absolute Gasteiger partial charge is 0.225 e. The van der Waals surface area contributed by atoms with Crippen molar-refractivity contribution in [2.45, 2.75) is 31.6 Å². The van der Waals surface area contributed by atoms with Gasteiger partial charge in [-0.3, -0.25) is 0 Å². The fraction of sp³-hybridized carbons (Fsp3) is 0.529.